The molecule has 2 aromatic rings. The van der Waals surface area contributed by atoms with Gasteiger partial charge in [-0.05, 0) is 12.5 Å². The lowest BCUT2D eigenvalue weighted by molar-refractivity contribution is 0.119. The maximum atomic E-state index is 6.00. The summed E-state index contributed by atoms with van der Waals surface area (Å²) in [5.41, 5.74) is 6.55. The third-order valence-corrected chi connectivity index (χ3v) is 2.72. The highest BCUT2D eigenvalue weighted by atomic mass is 35.5. The molecule has 0 aliphatic heterocycles. The van der Waals surface area contributed by atoms with Crippen LogP contribution in [0.3, 0.4) is 0 Å². The average Bonchev–Trinajstić information content (AvgIpc) is 2.89. The van der Waals surface area contributed by atoms with Gasteiger partial charge in [-0.3, -0.25) is 4.98 Å². The fraction of sp³-hybridized carbons (Fsp3) is 0.417. The molecule has 0 bridgehead atoms. The van der Waals surface area contributed by atoms with Crippen molar-refractivity contribution in [2.24, 2.45) is 5.73 Å². The van der Waals surface area contributed by atoms with E-state index in [1.165, 1.54) is 6.20 Å². The van der Waals surface area contributed by atoms with Gasteiger partial charge in [0.25, 0.3) is 5.89 Å². The standard InChI is InChI=1S/C12H15ClN4O2/c1-2-5-18-7-10(14)11-16-12(19-17-11)8-3-4-15-6-9(8)13/h3-4,6,10H,2,5,7,14H2,1H3. The number of nitrogens with zero attached hydrogens (tertiary/aromatic N) is 3. The van der Waals surface area contributed by atoms with Crippen LogP contribution in [0.2, 0.25) is 5.02 Å². The van der Waals surface area contributed by atoms with E-state index in [1.807, 2.05) is 6.92 Å². The lowest BCUT2D eigenvalue weighted by Crippen LogP contribution is -2.18. The van der Waals surface area contributed by atoms with Crippen molar-refractivity contribution >= 4 is 11.6 Å². The molecule has 1 unspecified atom stereocenters. The van der Waals surface area contributed by atoms with E-state index in [2.05, 4.69) is 15.1 Å². The van der Waals surface area contributed by atoms with Crippen LogP contribution in [0.15, 0.2) is 23.0 Å². The number of aromatic nitrogens is 3. The largest absolute Gasteiger partial charge is 0.379 e. The SMILES string of the molecule is CCCOCC(N)c1noc(-c2ccncc2Cl)n1. The summed E-state index contributed by atoms with van der Waals surface area (Å²) in [6.45, 7) is 3.05. The second-order valence-electron chi connectivity index (χ2n) is 3.99. The van der Waals surface area contributed by atoms with Gasteiger partial charge in [0.2, 0.25) is 0 Å². The van der Waals surface area contributed by atoms with Gasteiger partial charge in [0, 0.05) is 19.0 Å². The summed E-state index contributed by atoms with van der Waals surface area (Å²) >= 11 is 6.00. The molecule has 0 aromatic carbocycles. The minimum Gasteiger partial charge on any atom is -0.379 e. The first-order chi connectivity index (χ1) is 9.22. The highest BCUT2D eigenvalue weighted by Gasteiger charge is 2.17. The summed E-state index contributed by atoms with van der Waals surface area (Å²) in [4.78, 5) is 8.12. The predicted octanol–water partition coefficient (Wildman–Crippen LogP) is 2.21. The van der Waals surface area contributed by atoms with Gasteiger partial charge in [0.1, 0.15) is 0 Å². The Kier molecular flexibility index (Phi) is 4.84. The van der Waals surface area contributed by atoms with Crippen molar-refractivity contribution in [2.75, 3.05) is 13.2 Å². The average molecular weight is 283 g/mol. The molecular formula is C12H15ClN4O2. The van der Waals surface area contributed by atoms with Crippen molar-refractivity contribution in [1.82, 2.24) is 15.1 Å². The second kappa shape index (κ2) is 6.60. The second-order valence-corrected chi connectivity index (χ2v) is 4.40. The Bertz CT molecular complexity index is 532. The summed E-state index contributed by atoms with van der Waals surface area (Å²) in [6.07, 6.45) is 4.07. The van der Waals surface area contributed by atoms with Crippen LogP contribution in [0.1, 0.15) is 25.2 Å². The molecule has 1 atom stereocenters. The zero-order chi connectivity index (χ0) is 13.7. The molecule has 2 rings (SSSR count). The summed E-state index contributed by atoms with van der Waals surface area (Å²) in [5.74, 6) is 0.729. The maximum absolute atomic E-state index is 6.00. The van der Waals surface area contributed by atoms with Crippen LogP contribution in [-0.4, -0.2) is 28.3 Å². The molecule has 0 saturated carbocycles. The highest BCUT2D eigenvalue weighted by molar-refractivity contribution is 6.32. The van der Waals surface area contributed by atoms with Gasteiger partial charge >= 0.3 is 0 Å². The van der Waals surface area contributed by atoms with E-state index in [0.717, 1.165) is 6.42 Å². The number of nitrogens with two attached hydrogens (primary N) is 1. The van der Waals surface area contributed by atoms with Crippen molar-refractivity contribution in [3.63, 3.8) is 0 Å². The smallest absolute Gasteiger partial charge is 0.259 e. The van der Waals surface area contributed by atoms with Crippen molar-refractivity contribution in [3.05, 3.63) is 29.3 Å². The Labute approximate surface area is 115 Å². The fourth-order valence-corrected chi connectivity index (χ4v) is 1.67. The Morgan fingerprint density at radius 1 is 1.53 bits per heavy atom. The molecule has 0 spiro atoms. The summed E-state index contributed by atoms with van der Waals surface area (Å²) in [5, 5.41) is 4.29. The minimum atomic E-state index is -0.412. The molecule has 0 saturated heterocycles. The van der Waals surface area contributed by atoms with Crippen LogP contribution in [0.4, 0.5) is 0 Å². The van der Waals surface area contributed by atoms with Gasteiger partial charge in [0.05, 0.1) is 23.2 Å². The van der Waals surface area contributed by atoms with Gasteiger partial charge in [-0.2, -0.15) is 4.98 Å². The molecule has 19 heavy (non-hydrogen) atoms. The normalized spacial score (nSPS) is 12.6. The van der Waals surface area contributed by atoms with E-state index in [4.69, 9.17) is 26.6 Å². The molecule has 0 radical (unpaired) electrons. The number of hydrogen-bond acceptors (Lipinski definition) is 6. The molecule has 102 valence electrons. The van der Waals surface area contributed by atoms with E-state index in [-0.39, 0.29) is 0 Å². The van der Waals surface area contributed by atoms with E-state index >= 15 is 0 Å². The van der Waals surface area contributed by atoms with E-state index < -0.39 is 6.04 Å². The maximum Gasteiger partial charge on any atom is 0.259 e. The molecule has 7 heteroatoms. The van der Waals surface area contributed by atoms with Crippen LogP contribution in [0, 0.1) is 0 Å². The predicted molar refractivity (Wildman–Crippen MR) is 70.6 cm³/mol. The number of hydrogen-bond donors (Lipinski definition) is 1. The zero-order valence-corrected chi connectivity index (χ0v) is 11.3. The van der Waals surface area contributed by atoms with Crippen molar-refractivity contribution in [1.29, 1.82) is 0 Å². The first-order valence-electron chi connectivity index (χ1n) is 5.99. The first-order valence-corrected chi connectivity index (χ1v) is 6.37. The zero-order valence-electron chi connectivity index (χ0n) is 10.5. The molecular weight excluding hydrogens is 268 g/mol. The lowest BCUT2D eigenvalue weighted by Gasteiger charge is -2.06. The Morgan fingerprint density at radius 2 is 2.37 bits per heavy atom. The molecule has 0 fully saturated rings. The molecule has 0 amide bonds. The van der Waals surface area contributed by atoms with Crippen molar-refractivity contribution in [2.45, 2.75) is 19.4 Å². The summed E-state index contributed by atoms with van der Waals surface area (Å²) < 4.78 is 10.5. The van der Waals surface area contributed by atoms with Crippen LogP contribution in [0.5, 0.6) is 0 Å². The van der Waals surface area contributed by atoms with Gasteiger partial charge in [0.15, 0.2) is 5.82 Å². The molecule has 6 nitrogen and oxygen atoms in total. The third kappa shape index (κ3) is 3.50. The van der Waals surface area contributed by atoms with Crippen LogP contribution < -0.4 is 5.73 Å². The fourth-order valence-electron chi connectivity index (χ4n) is 1.47. The Balaban J connectivity index is 2.09. The van der Waals surface area contributed by atoms with E-state index in [9.17, 15) is 0 Å². The van der Waals surface area contributed by atoms with Gasteiger partial charge in [-0.1, -0.05) is 23.7 Å². The molecule has 2 aromatic heterocycles. The molecule has 0 aliphatic carbocycles. The number of halogens is 1. The monoisotopic (exact) mass is 282 g/mol. The number of ether oxygens (including phenoxy) is 1. The Hall–Kier alpha value is -1.50. The van der Waals surface area contributed by atoms with Gasteiger partial charge in [-0.25, -0.2) is 0 Å². The van der Waals surface area contributed by atoms with Crippen molar-refractivity contribution in [3.8, 4) is 11.5 Å². The van der Waals surface area contributed by atoms with Gasteiger partial charge in [-0.15, -0.1) is 0 Å². The topological polar surface area (TPSA) is 87.1 Å². The quantitative estimate of drug-likeness (QED) is 0.817. The number of pyridine rings is 1. The van der Waals surface area contributed by atoms with E-state index in [0.29, 0.717) is 35.5 Å². The van der Waals surface area contributed by atoms with E-state index in [1.54, 1.807) is 12.3 Å². The molecule has 2 heterocycles. The van der Waals surface area contributed by atoms with Gasteiger partial charge < -0.3 is 15.0 Å². The van der Waals surface area contributed by atoms with Crippen molar-refractivity contribution < 1.29 is 9.26 Å². The Morgan fingerprint density at radius 3 is 3.11 bits per heavy atom. The summed E-state index contributed by atoms with van der Waals surface area (Å²) in [7, 11) is 0. The molecule has 2 N–H and O–H groups in total. The van der Waals surface area contributed by atoms with Crippen LogP contribution in [-0.2, 0) is 4.74 Å². The van der Waals surface area contributed by atoms with Crippen LogP contribution in [0.25, 0.3) is 11.5 Å². The number of rotatable bonds is 6. The highest BCUT2D eigenvalue weighted by Crippen LogP contribution is 2.25. The first kappa shape index (κ1) is 13.9. The minimum absolute atomic E-state index is 0.327. The third-order valence-electron chi connectivity index (χ3n) is 2.42. The summed E-state index contributed by atoms with van der Waals surface area (Å²) in [6, 6.07) is 1.29. The molecule has 0 aliphatic rings. The lowest BCUT2D eigenvalue weighted by atomic mass is 10.2. The van der Waals surface area contributed by atoms with Crippen LogP contribution >= 0.6 is 11.6 Å².